The van der Waals surface area contributed by atoms with Gasteiger partial charge in [-0.05, 0) is 34.1 Å². The van der Waals surface area contributed by atoms with Crippen LogP contribution in [0, 0.1) is 24.2 Å². The maximum Gasteiger partial charge on any atom is 0.410 e. The Labute approximate surface area is 182 Å². The van der Waals surface area contributed by atoms with Crippen molar-refractivity contribution in [3.63, 3.8) is 0 Å². The molecular weight excluding hydrogens is 402 g/mol. The van der Waals surface area contributed by atoms with Crippen LogP contribution in [0.4, 0.5) is 4.79 Å². The first kappa shape index (κ1) is 21.9. The fraction of sp³-hybridized carbons (Fsp3) is 0.435. The van der Waals surface area contributed by atoms with Gasteiger partial charge in [0.25, 0.3) is 0 Å². The monoisotopic (exact) mass is 427 g/mol. The quantitative estimate of drug-likeness (QED) is 0.668. The molecule has 1 aromatic heterocycles. The van der Waals surface area contributed by atoms with Crippen LogP contribution in [0.2, 0.25) is 5.02 Å². The van der Waals surface area contributed by atoms with Gasteiger partial charge in [0.05, 0.1) is 17.3 Å². The molecule has 1 amide bonds. The van der Waals surface area contributed by atoms with Gasteiger partial charge < -0.3 is 14.4 Å². The molecule has 0 radical (unpaired) electrons. The Morgan fingerprint density at radius 3 is 2.67 bits per heavy atom. The highest BCUT2D eigenvalue weighted by molar-refractivity contribution is 6.33. The highest BCUT2D eigenvalue weighted by atomic mass is 35.5. The number of carbonyl (C=O) groups is 1. The number of halogens is 1. The van der Waals surface area contributed by atoms with E-state index in [9.17, 15) is 10.1 Å². The summed E-state index contributed by atoms with van der Waals surface area (Å²) in [6, 6.07) is 11.5. The average molecular weight is 428 g/mol. The van der Waals surface area contributed by atoms with Crippen LogP contribution in [0.1, 0.15) is 38.4 Å². The Kier molecular flexibility index (Phi) is 6.52. The van der Waals surface area contributed by atoms with Crippen molar-refractivity contribution >= 4 is 17.7 Å². The molecule has 6 nitrogen and oxygen atoms in total. The van der Waals surface area contributed by atoms with E-state index < -0.39 is 5.60 Å². The van der Waals surface area contributed by atoms with Crippen molar-refractivity contribution in [1.29, 1.82) is 5.26 Å². The first-order chi connectivity index (χ1) is 14.2. The van der Waals surface area contributed by atoms with Crippen molar-refractivity contribution in [1.82, 2.24) is 9.88 Å². The van der Waals surface area contributed by atoms with Crippen LogP contribution in [0.15, 0.2) is 30.3 Å². The number of hydrogen-bond acceptors (Lipinski definition) is 5. The minimum atomic E-state index is -0.519. The van der Waals surface area contributed by atoms with E-state index in [2.05, 4.69) is 11.1 Å². The van der Waals surface area contributed by atoms with Crippen molar-refractivity contribution in [3.05, 3.63) is 46.6 Å². The summed E-state index contributed by atoms with van der Waals surface area (Å²) in [4.78, 5) is 18.3. The fourth-order valence-electron chi connectivity index (χ4n) is 3.24. The van der Waals surface area contributed by atoms with E-state index >= 15 is 0 Å². The van der Waals surface area contributed by atoms with Gasteiger partial charge >= 0.3 is 6.09 Å². The van der Waals surface area contributed by atoms with E-state index in [4.69, 9.17) is 21.1 Å². The average Bonchev–Trinajstić information content (AvgIpc) is 3.15. The number of nitriles is 1. The summed E-state index contributed by atoms with van der Waals surface area (Å²) in [7, 11) is 0. The second-order valence-corrected chi connectivity index (χ2v) is 8.94. The third-order valence-corrected chi connectivity index (χ3v) is 5.07. The van der Waals surface area contributed by atoms with Gasteiger partial charge in [0.2, 0.25) is 0 Å². The number of rotatable bonds is 4. The lowest BCUT2D eigenvalue weighted by Crippen LogP contribution is -2.35. The van der Waals surface area contributed by atoms with E-state index in [1.165, 1.54) is 0 Å². The van der Waals surface area contributed by atoms with Crippen molar-refractivity contribution in [2.45, 2.75) is 39.7 Å². The minimum absolute atomic E-state index is 0.152. The van der Waals surface area contributed by atoms with Crippen molar-refractivity contribution in [2.75, 3.05) is 19.7 Å². The Balaban J connectivity index is 1.66. The second-order valence-electron chi connectivity index (χ2n) is 8.54. The molecular formula is C23H26ClN3O3. The molecule has 1 aliphatic rings. The number of carbonyl (C=O) groups excluding carboxylic acids is 1. The Morgan fingerprint density at radius 2 is 2.03 bits per heavy atom. The molecule has 7 heteroatoms. The summed E-state index contributed by atoms with van der Waals surface area (Å²) in [5.74, 6) is 0.508. The van der Waals surface area contributed by atoms with Crippen LogP contribution in [-0.4, -0.2) is 41.3 Å². The lowest BCUT2D eigenvalue weighted by atomic mass is 10.1. The Morgan fingerprint density at radius 1 is 1.33 bits per heavy atom. The zero-order valence-corrected chi connectivity index (χ0v) is 18.5. The van der Waals surface area contributed by atoms with E-state index in [1.54, 1.807) is 11.0 Å². The smallest absolute Gasteiger partial charge is 0.410 e. The fourth-order valence-corrected chi connectivity index (χ4v) is 3.50. The van der Waals surface area contributed by atoms with Crippen molar-refractivity contribution in [2.24, 2.45) is 5.92 Å². The summed E-state index contributed by atoms with van der Waals surface area (Å²) in [5.41, 5.74) is 2.20. The molecule has 0 bridgehead atoms. The Hall–Kier alpha value is -2.78. The van der Waals surface area contributed by atoms with Gasteiger partial charge in [-0.2, -0.15) is 5.26 Å². The lowest BCUT2D eigenvalue weighted by molar-refractivity contribution is 0.0284. The van der Waals surface area contributed by atoms with Crippen molar-refractivity contribution < 1.29 is 14.3 Å². The van der Waals surface area contributed by atoms with E-state index in [0.29, 0.717) is 36.2 Å². The van der Waals surface area contributed by atoms with Gasteiger partial charge in [0, 0.05) is 30.6 Å². The number of hydrogen-bond donors (Lipinski definition) is 0. The molecule has 0 unspecified atom stereocenters. The van der Waals surface area contributed by atoms with Gasteiger partial charge in [-0.15, -0.1) is 0 Å². The Bertz CT molecular complexity index is 961. The van der Waals surface area contributed by atoms with Crippen LogP contribution >= 0.6 is 11.6 Å². The van der Waals surface area contributed by atoms with Crippen LogP contribution in [-0.2, 0) is 4.74 Å². The number of pyridine rings is 1. The summed E-state index contributed by atoms with van der Waals surface area (Å²) in [6.45, 7) is 9.10. The zero-order valence-electron chi connectivity index (χ0n) is 17.7. The highest BCUT2D eigenvalue weighted by Gasteiger charge is 2.30. The van der Waals surface area contributed by atoms with E-state index in [-0.39, 0.29) is 17.7 Å². The van der Waals surface area contributed by atoms with Gasteiger partial charge in [0.1, 0.15) is 11.7 Å². The maximum absolute atomic E-state index is 12.2. The number of amides is 1. The number of aryl methyl sites for hydroxylation is 1. The molecule has 2 aromatic rings. The van der Waals surface area contributed by atoms with Gasteiger partial charge in [-0.25, -0.2) is 9.78 Å². The molecule has 1 atom stereocenters. The van der Waals surface area contributed by atoms with E-state index in [1.807, 2.05) is 52.0 Å². The number of aromatic nitrogens is 1. The van der Waals surface area contributed by atoms with Crippen molar-refractivity contribution in [3.8, 4) is 23.1 Å². The molecule has 1 fully saturated rings. The number of nitrogens with zero attached hydrogens (tertiary/aromatic N) is 3. The van der Waals surface area contributed by atoms with Gasteiger partial charge in [-0.3, -0.25) is 0 Å². The second kappa shape index (κ2) is 8.93. The molecule has 30 heavy (non-hydrogen) atoms. The summed E-state index contributed by atoms with van der Waals surface area (Å²) < 4.78 is 11.3. The van der Waals surface area contributed by atoms with Gasteiger partial charge in [0.15, 0.2) is 11.4 Å². The minimum Gasteiger partial charge on any atom is -0.490 e. The van der Waals surface area contributed by atoms with Gasteiger partial charge in [-0.1, -0.05) is 41.4 Å². The largest absolute Gasteiger partial charge is 0.490 e. The molecule has 3 rings (SSSR count). The summed E-state index contributed by atoms with van der Waals surface area (Å²) in [5, 5.41) is 9.96. The summed E-state index contributed by atoms with van der Waals surface area (Å²) in [6.07, 6.45) is 0.499. The molecule has 158 valence electrons. The predicted molar refractivity (Wildman–Crippen MR) is 116 cm³/mol. The maximum atomic E-state index is 12.2. The van der Waals surface area contributed by atoms with Crippen LogP contribution in [0.5, 0.6) is 5.75 Å². The molecule has 2 heterocycles. The topological polar surface area (TPSA) is 75.5 Å². The van der Waals surface area contributed by atoms with E-state index in [0.717, 1.165) is 17.5 Å². The first-order valence-electron chi connectivity index (χ1n) is 9.94. The number of benzene rings is 1. The highest BCUT2D eigenvalue weighted by Crippen LogP contribution is 2.32. The third kappa shape index (κ3) is 5.43. The lowest BCUT2D eigenvalue weighted by Gasteiger charge is -2.24. The molecule has 0 aliphatic carbocycles. The predicted octanol–water partition coefficient (Wildman–Crippen LogP) is 5.22. The van der Waals surface area contributed by atoms with Crippen LogP contribution in [0.3, 0.4) is 0 Å². The molecule has 1 aliphatic heterocycles. The van der Waals surface area contributed by atoms with Crippen LogP contribution in [0.25, 0.3) is 11.3 Å². The zero-order chi connectivity index (χ0) is 21.9. The third-order valence-electron chi connectivity index (χ3n) is 4.78. The molecule has 1 saturated heterocycles. The number of ether oxygens (including phenoxy) is 2. The number of likely N-dealkylation sites (tertiary alicyclic amines) is 1. The SMILES string of the molecule is Cc1ccc(-c2nc(C#N)c(OC[C@@H]3CCN(C(=O)OC(C)(C)C)C3)cc2Cl)cc1. The molecule has 0 spiro atoms. The normalized spacial score (nSPS) is 16.3. The molecule has 0 N–H and O–H groups in total. The summed E-state index contributed by atoms with van der Waals surface area (Å²) >= 11 is 6.43. The first-order valence-corrected chi connectivity index (χ1v) is 10.3. The standard InChI is InChI=1S/C23H26ClN3O3/c1-15-5-7-17(8-6-15)21-18(24)11-20(19(12-25)26-21)29-14-16-9-10-27(13-16)22(28)30-23(2,3)4/h5-8,11,16H,9-10,13-14H2,1-4H3/t16-/m1/s1. The van der Waals surface area contributed by atoms with Crippen LogP contribution < -0.4 is 4.74 Å². The molecule has 0 saturated carbocycles. The molecule has 1 aromatic carbocycles.